The van der Waals surface area contributed by atoms with Crippen LogP contribution < -0.4 is 10.1 Å². The first-order valence-electron chi connectivity index (χ1n) is 9.63. The predicted molar refractivity (Wildman–Crippen MR) is 141 cm³/mol. The molecule has 0 aliphatic rings. The van der Waals surface area contributed by atoms with Crippen molar-refractivity contribution in [1.82, 2.24) is 0 Å². The molecule has 0 heterocycles. The number of amides is 1. The van der Waals surface area contributed by atoms with Crippen LogP contribution >= 0.6 is 50.1 Å². The summed E-state index contributed by atoms with van der Waals surface area (Å²) in [6, 6.07) is 19.0. The van der Waals surface area contributed by atoms with Gasteiger partial charge < -0.3 is 10.1 Å². The summed E-state index contributed by atoms with van der Waals surface area (Å²) in [4.78, 5) is 12.6. The van der Waals surface area contributed by atoms with Crippen LogP contribution in [0.3, 0.4) is 0 Å². The zero-order valence-corrected chi connectivity index (χ0v) is 21.9. The van der Waals surface area contributed by atoms with E-state index in [4.69, 9.17) is 16.3 Å². The van der Waals surface area contributed by atoms with Crippen LogP contribution in [0, 0.1) is 28.7 Å². The SMILES string of the molecule is Cc1ccc(COc2c(Br)cc(/C=C(/C#N)C(=O)Nc3ccc(C)c(Cl)c3)cc2I)cc1. The summed E-state index contributed by atoms with van der Waals surface area (Å²) in [5, 5.41) is 12.8. The normalized spacial score (nSPS) is 11.1. The average molecular weight is 622 g/mol. The van der Waals surface area contributed by atoms with Gasteiger partial charge in [-0.15, -0.1) is 0 Å². The summed E-state index contributed by atoms with van der Waals surface area (Å²) in [6.07, 6.45) is 1.54. The Labute approximate surface area is 214 Å². The Bertz CT molecular complexity index is 1210. The maximum atomic E-state index is 12.6. The molecule has 0 saturated heterocycles. The van der Waals surface area contributed by atoms with Crippen molar-refractivity contribution in [2.45, 2.75) is 20.5 Å². The zero-order chi connectivity index (χ0) is 23.3. The fourth-order valence-corrected chi connectivity index (χ4v) is 4.77. The molecule has 162 valence electrons. The van der Waals surface area contributed by atoms with Crippen molar-refractivity contribution in [2.75, 3.05) is 5.32 Å². The molecule has 0 aliphatic carbocycles. The second kappa shape index (κ2) is 11.0. The smallest absolute Gasteiger partial charge is 0.266 e. The number of anilines is 1. The monoisotopic (exact) mass is 620 g/mol. The van der Waals surface area contributed by atoms with Crippen LogP contribution in [0.15, 0.2) is 64.6 Å². The van der Waals surface area contributed by atoms with Gasteiger partial charge in [0, 0.05) is 10.7 Å². The van der Waals surface area contributed by atoms with Crippen molar-refractivity contribution < 1.29 is 9.53 Å². The third kappa shape index (κ3) is 6.35. The molecule has 4 nitrogen and oxygen atoms in total. The molecule has 1 N–H and O–H groups in total. The first-order chi connectivity index (χ1) is 15.3. The van der Waals surface area contributed by atoms with Crippen molar-refractivity contribution in [3.8, 4) is 11.8 Å². The Morgan fingerprint density at radius 1 is 1.19 bits per heavy atom. The van der Waals surface area contributed by atoms with Gasteiger partial charge in [-0.3, -0.25) is 4.79 Å². The number of aryl methyl sites for hydroxylation is 2. The van der Waals surface area contributed by atoms with Crippen molar-refractivity contribution in [3.05, 3.63) is 95.5 Å². The molecule has 7 heteroatoms. The largest absolute Gasteiger partial charge is 0.487 e. The lowest BCUT2D eigenvalue weighted by atomic mass is 10.1. The second-order valence-corrected chi connectivity index (χ2v) is 9.60. The predicted octanol–water partition coefficient (Wildman–Crippen LogP) is 7.45. The first kappa shape index (κ1) is 24.3. The average Bonchev–Trinajstić information content (AvgIpc) is 2.75. The van der Waals surface area contributed by atoms with Crippen LogP contribution in [0.5, 0.6) is 5.75 Å². The fraction of sp³-hybridized carbons (Fsp3) is 0.120. The van der Waals surface area contributed by atoms with Gasteiger partial charge in [0.05, 0.1) is 8.04 Å². The molecule has 0 fully saturated rings. The summed E-state index contributed by atoms with van der Waals surface area (Å²) in [5.74, 6) is 0.207. The molecular weight excluding hydrogens is 603 g/mol. The van der Waals surface area contributed by atoms with Crippen LogP contribution in [0.4, 0.5) is 5.69 Å². The third-order valence-electron chi connectivity index (χ3n) is 4.63. The minimum atomic E-state index is -0.502. The number of rotatable bonds is 6. The van der Waals surface area contributed by atoms with Crippen LogP contribution in [-0.2, 0) is 11.4 Å². The van der Waals surface area contributed by atoms with Crippen molar-refractivity contribution in [2.24, 2.45) is 0 Å². The number of hydrogen-bond donors (Lipinski definition) is 1. The summed E-state index contributed by atoms with van der Waals surface area (Å²) >= 11 is 11.8. The van der Waals surface area contributed by atoms with Gasteiger partial charge in [-0.05, 0) is 99.4 Å². The van der Waals surface area contributed by atoms with E-state index in [1.54, 1.807) is 18.2 Å². The summed E-state index contributed by atoms with van der Waals surface area (Å²) < 4.78 is 7.60. The number of nitriles is 1. The third-order valence-corrected chi connectivity index (χ3v) is 6.43. The minimum Gasteiger partial charge on any atom is -0.487 e. The number of nitrogens with zero attached hydrogens (tertiary/aromatic N) is 1. The van der Waals surface area contributed by atoms with Crippen LogP contribution in [0.25, 0.3) is 6.08 Å². The van der Waals surface area contributed by atoms with E-state index < -0.39 is 5.91 Å². The van der Waals surface area contributed by atoms with E-state index in [2.05, 4.69) is 43.8 Å². The Kier molecular flexibility index (Phi) is 8.35. The molecule has 3 aromatic carbocycles. The number of ether oxygens (including phenoxy) is 1. The highest BCUT2D eigenvalue weighted by molar-refractivity contribution is 14.1. The molecule has 0 saturated carbocycles. The lowest BCUT2D eigenvalue weighted by Gasteiger charge is -2.12. The van der Waals surface area contributed by atoms with E-state index in [9.17, 15) is 10.1 Å². The highest BCUT2D eigenvalue weighted by Crippen LogP contribution is 2.33. The molecule has 32 heavy (non-hydrogen) atoms. The van der Waals surface area contributed by atoms with E-state index in [0.717, 1.165) is 19.2 Å². The van der Waals surface area contributed by atoms with Gasteiger partial charge in [0.1, 0.15) is 24.0 Å². The highest BCUT2D eigenvalue weighted by Gasteiger charge is 2.13. The number of benzene rings is 3. The van der Waals surface area contributed by atoms with E-state index in [1.807, 2.05) is 62.4 Å². The molecule has 1 amide bonds. The molecule has 0 aliphatic heterocycles. The van der Waals surface area contributed by atoms with E-state index >= 15 is 0 Å². The van der Waals surface area contributed by atoms with Gasteiger partial charge in [-0.1, -0.05) is 47.5 Å². The highest BCUT2D eigenvalue weighted by atomic mass is 127. The van der Waals surface area contributed by atoms with E-state index in [1.165, 1.54) is 5.56 Å². The van der Waals surface area contributed by atoms with Crippen LogP contribution in [0.2, 0.25) is 5.02 Å². The lowest BCUT2D eigenvalue weighted by molar-refractivity contribution is -0.112. The minimum absolute atomic E-state index is 0.0160. The molecule has 0 radical (unpaired) electrons. The molecular formula is C25H19BrClIN2O2. The summed E-state index contributed by atoms with van der Waals surface area (Å²) in [5.41, 5.74) is 4.40. The topological polar surface area (TPSA) is 62.1 Å². The van der Waals surface area contributed by atoms with Crippen LogP contribution in [-0.4, -0.2) is 5.91 Å². The van der Waals surface area contributed by atoms with E-state index in [0.29, 0.717) is 28.6 Å². The lowest BCUT2D eigenvalue weighted by Crippen LogP contribution is -2.13. The number of carbonyl (C=O) groups excluding carboxylic acids is 1. The Balaban J connectivity index is 1.77. The zero-order valence-electron chi connectivity index (χ0n) is 17.4. The second-order valence-electron chi connectivity index (χ2n) is 7.18. The molecule has 3 rings (SSSR count). The number of halogens is 3. The maximum Gasteiger partial charge on any atom is 0.266 e. The van der Waals surface area contributed by atoms with Gasteiger partial charge in [0.15, 0.2) is 0 Å². The van der Waals surface area contributed by atoms with Gasteiger partial charge >= 0.3 is 0 Å². The Morgan fingerprint density at radius 2 is 1.91 bits per heavy atom. The Hall–Kier alpha value is -2.34. The van der Waals surface area contributed by atoms with Crippen LogP contribution in [0.1, 0.15) is 22.3 Å². The van der Waals surface area contributed by atoms with E-state index in [-0.39, 0.29) is 5.57 Å². The fourth-order valence-electron chi connectivity index (χ4n) is 2.82. The molecule has 0 unspecified atom stereocenters. The maximum absolute atomic E-state index is 12.6. The van der Waals surface area contributed by atoms with Crippen molar-refractivity contribution in [1.29, 1.82) is 5.26 Å². The number of nitrogens with one attached hydrogen (secondary N) is 1. The molecule has 3 aromatic rings. The quantitative estimate of drug-likeness (QED) is 0.177. The number of carbonyl (C=O) groups is 1. The molecule has 0 atom stereocenters. The summed E-state index contributed by atoms with van der Waals surface area (Å²) in [6.45, 7) is 4.36. The van der Waals surface area contributed by atoms with Gasteiger partial charge in [0.2, 0.25) is 0 Å². The van der Waals surface area contributed by atoms with Gasteiger partial charge in [-0.2, -0.15) is 5.26 Å². The first-order valence-corrected chi connectivity index (χ1v) is 11.9. The standard InChI is InChI=1S/C25H19BrClIN2O2/c1-15-3-6-17(7-4-15)14-32-24-21(26)10-18(11-23(24)28)9-19(13-29)25(31)30-20-8-5-16(2)22(27)12-20/h3-12H,14H2,1-2H3,(H,30,31)/b19-9-. The number of hydrogen-bond acceptors (Lipinski definition) is 3. The van der Waals surface area contributed by atoms with Crippen molar-refractivity contribution in [3.63, 3.8) is 0 Å². The summed E-state index contributed by atoms with van der Waals surface area (Å²) in [7, 11) is 0. The van der Waals surface area contributed by atoms with Crippen molar-refractivity contribution >= 4 is 67.8 Å². The van der Waals surface area contributed by atoms with Gasteiger partial charge in [0.25, 0.3) is 5.91 Å². The van der Waals surface area contributed by atoms with Gasteiger partial charge in [-0.25, -0.2) is 0 Å². The Morgan fingerprint density at radius 3 is 2.53 bits per heavy atom. The molecule has 0 aromatic heterocycles. The molecule has 0 spiro atoms. The molecule has 0 bridgehead atoms.